The number of esters is 2. The molecule has 6 nitrogen and oxygen atoms in total. The number of dihydropyridines is 1. The second-order valence-corrected chi connectivity index (χ2v) is 6.77. The molecule has 2 heterocycles. The van der Waals surface area contributed by atoms with Gasteiger partial charge in [0.05, 0.1) is 31.3 Å². The minimum absolute atomic E-state index is 0.292. The van der Waals surface area contributed by atoms with E-state index in [-0.39, 0.29) is 0 Å². The minimum Gasteiger partial charge on any atom is -0.466 e. The lowest BCUT2D eigenvalue weighted by molar-refractivity contribution is -0.137. The molecule has 0 bridgehead atoms. The van der Waals surface area contributed by atoms with Crippen molar-refractivity contribution >= 4 is 23.5 Å². The van der Waals surface area contributed by atoms with Crippen LogP contribution in [-0.4, -0.2) is 26.2 Å². The zero-order chi connectivity index (χ0) is 20.4. The summed E-state index contributed by atoms with van der Waals surface area (Å²) in [7, 11) is 2.59. The fourth-order valence-electron chi connectivity index (χ4n) is 3.34. The summed E-state index contributed by atoms with van der Waals surface area (Å²) in [6, 6.07) is 10.7. The Balaban J connectivity index is 2.14. The van der Waals surface area contributed by atoms with Crippen molar-refractivity contribution in [3.8, 4) is 11.3 Å². The number of rotatable bonds is 4. The van der Waals surface area contributed by atoms with Crippen LogP contribution in [0.3, 0.4) is 0 Å². The van der Waals surface area contributed by atoms with E-state index in [2.05, 4.69) is 5.32 Å². The Morgan fingerprint density at radius 3 is 2.14 bits per heavy atom. The lowest BCUT2D eigenvalue weighted by atomic mass is 9.83. The second kappa shape index (κ2) is 7.94. The normalized spacial score (nSPS) is 14.8. The highest BCUT2D eigenvalue weighted by Gasteiger charge is 2.39. The predicted molar refractivity (Wildman–Crippen MR) is 104 cm³/mol. The van der Waals surface area contributed by atoms with Gasteiger partial charge in [0.25, 0.3) is 0 Å². The maximum Gasteiger partial charge on any atom is 0.336 e. The Labute approximate surface area is 167 Å². The van der Waals surface area contributed by atoms with Crippen LogP contribution in [0.4, 0.5) is 0 Å². The molecule has 1 aliphatic rings. The summed E-state index contributed by atoms with van der Waals surface area (Å²) in [4.78, 5) is 25.0. The molecule has 0 aliphatic carbocycles. The fourth-order valence-corrected chi connectivity index (χ4v) is 3.53. The van der Waals surface area contributed by atoms with Gasteiger partial charge in [-0.1, -0.05) is 23.7 Å². The Morgan fingerprint density at radius 1 is 1.00 bits per heavy atom. The summed E-state index contributed by atoms with van der Waals surface area (Å²) in [6.07, 6.45) is 0. The Morgan fingerprint density at radius 2 is 1.61 bits per heavy atom. The molecule has 0 saturated carbocycles. The summed E-state index contributed by atoms with van der Waals surface area (Å²) >= 11 is 6.07. The number of carbonyl (C=O) groups excluding carboxylic acids is 2. The number of nitrogens with one attached hydrogen (secondary N) is 1. The molecule has 1 aliphatic heterocycles. The molecule has 0 spiro atoms. The van der Waals surface area contributed by atoms with Gasteiger partial charge in [-0.2, -0.15) is 0 Å². The first-order valence-electron chi connectivity index (χ1n) is 8.58. The van der Waals surface area contributed by atoms with E-state index in [0.29, 0.717) is 39.1 Å². The fraction of sp³-hybridized carbons (Fsp3) is 0.238. The van der Waals surface area contributed by atoms with E-state index in [1.165, 1.54) is 14.2 Å². The molecule has 0 saturated heterocycles. The van der Waals surface area contributed by atoms with Crippen molar-refractivity contribution < 1.29 is 23.5 Å². The van der Waals surface area contributed by atoms with Crippen molar-refractivity contribution in [3.63, 3.8) is 0 Å². The number of furan rings is 1. The van der Waals surface area contributed by atoms with Gasteiger partial charge in [-0.05, 0) is 38.1 Å². The number of benzene rings is 1. The van der Waals surface area contributed by atoms with Gasteiger partial charge in [0, 0.05) is 22.0 Å². The van der Waals surface area contributed by atoms with Crippen LogP contribution in [0.15, 0.2) is 63.4 Å². The van der Waals surface area contributed by atoms with Crippen molar-refractivity contribution in [1.82, 2.24) is 5.32 Å². The van der Waals surface area contributed by atoms with Crippen molar-refractivity contribution in [1.29, 1.82) is 0 Å². The number of hydrogen-bond donors (Lipinski definition) is 1. The topological polar surface area (TPSA) is 77.8 Å². The molecule has 2 aromatic rings. The van der Waals surface area contributed by atoms with Crippen LogP contribution >= 0.6 is 11.6 Å². The summed E-state index contributed by atoms with van der Waals surface area (Å²) in [6.45, 7) is 3.50. The number of allylic oxidation sites excluding steroid dienone is 2. The molecule has 28 heavy (non-hydrogen) atoms. The van der Waals surface area contributed by atoms with Gasteiger partial charge in [0.15, 0.2) is 0 Å². The largest absolute Gasteiger partial charge is 0.466 e. The number of carbonyl (C=O) groups is 2. The van der Waals surface area contributed by atoms with Crippen LogP contribution in [0, 0.1) is 0 Å². The van der Waals surface area contributed by atoms with Crippen LogP contribution in [-0.2, 0) is 19.1 Å². The van der Waals surface area contributed by atoms with Crippen molar-refractivity contribution in [2.75, 3.05) is 14.2 Å². The molecular formula is C21H20ClNO5. The number of methoxy groups -OCH3 is 2. The van der Waals surface area contributed by atoms with Crippen molar-refractivity contribution in [3.05, 3.63) is 69.7 Å². The van der Waals surface area contributed by atoms with Gasteiger partial charge < -0.3 is 19.2 Å². The first-order valence-corrected chi connectivity index (χ1v) is 8.96. The lowest BCUT2D eigenvalue weighted by Crippen LogP contribution is -2.31. The number of ether oxygens (including phenoxy) is 2. The van der Waals surface area contributed by atoms with E-state index in [1.54, 1.807) is 38.1 Å². The molecular weight excluding hydrogens is 382 g/mol. The highest BCUT2D eigenvalue weighted by molar-refractivity contribution is 6.30. The van der Waals surface area contributed by atoms with Crippen molar-refractivity contribution in [2.24, 2.45) is 0 Å². The molecule has 0 fully saturated rings. The average molecular weight is 402 g/mol. The monoisotopic (exact) mass is 401 g/mol. The van der Waals surface area contributed by atoms with E-state index < -0.39 is 17.9 Å². The van der Waals surface area contributed by atoms with Gasteiger partial charge >= 0.3 is 11.9 Å². The van der Waals surface area contributed by atoms with Gasteiger partial charge in [-0.3, -0.25) is 0 Å². The third-order valence-corrected chi connectivity index (χ3v) is 4.83. The maximum atomic E-state index is 12.5. The minimum atomic E-state index is -0.755. The van der Waals surface area contributed by atoms with Crippen LogP contribution in [0.5, 0.6) is 0 Å². The quantitative estimate of drug-likeness (QED) is 0.774. The van der Waals surface area contributed by atoms with Gasteiger partial charge in [-0.25, -0.2) is 9.59 Å². The molecule has 0 atom stereocenters. The molecule has 7 heteroatoms. The zero-order valence-corrected chi connectivity index (χ0v) is 16.7. The summed E-state index contributed by atoms with van der Waals surface area (Å²) < 4.78 is 15.9. The number of halogens is 1. The highest BCUT2D eigenvalue weighted by atomic mass is 35.5. The van der Waals surface area contributed by atoms with E-state index in [1.807, 2.05) is 12.1 Å². The smallest absolute Gasteiger partial charge is 0.336 e. The van der Waals surface area contributed by atoms with Crippen molar-refractivity contribution in [2.45, 2.75) is 19.8 Å². The van der Waals surface area contributed by atoms with E-state index in [0.717, 1.165) is 5.56 Å². The van der Waals surface area contributed by atoms with Crippen LogP contribution in [0.1, 0.15) is 25.5 Å². The van der Waals surface area contributed by atoms with Gasteiger partial charge in [0.1, 0.15) is 11.5 Å². The van der Waals surface area contributed by atoms with Gasteiger partial charge in [0.2, 0.25) is 0 Å². The Kier molecular flexibility index (Phi) is 5.61. The Hall–Kier alpha value is -2.99. The van der Waals surface area contributed by atoms with Crippen LogP contribution in [0.25, 0.3) is 11.3 Å². The molecule has 3 rings (SSSR count). The van der Waals surface area contributed by atoms with E-state index >= 15 is 0 Å². The SMILES string of the molecule is COC(=O)C1=C(C)NC(C)=C(C(=O)OC)C1c1ccc(-c2cccc(Cl)c2)o1. The molecule has 0 amide bonds. The van der Waals surface area contributed by atoms with E-state index in [9.17, 15) is 9.59 Å². The highest BCUT2D eigenvalue weighted by Crippen LogP contribution is 2.41. The van der Waals surface area contributed by atoms with Gasteiger partial charge in [-0.15, -0.1) is 0 Å². The third-order valence-electron chi connectivity index (χ3n) is 4.59. The summed E-state index contributed by atoms with van der Waals surface area (Å²) in [5, 5.41) is 3.63. The standard InChI is InChI=1S/C21H20ClNO5/c1-11-17(20(24)26-3)19(18(12(2)23-11)21(25)27-4)16-9-8-15(28-16)13-6-5-7-14(22)10-13/h5-10,19,23H,1-4H3. The molecule has 0 unspecified atom stereocenters. The first kappa shape index (κ1) is 19.8. The number of hydrogen-bond acceptors (Lipinski definition) is 6. The average Bonchev–Trinajstić information content (AvgIpc) is 3.16. The summed E-state index contributed by atoms with van der Waals surface area (Å²) in [5.74, 6) is -0.862. The molecule has 1 N–H and O–H groups in total. The summed E-state index contributed by atoms with van der Waals surface area (Å²) in [5.41, 5.74) is 2.54. The predicted octanol–water partition coefficient (Wildman–Crippen LogP) is 4.18. The lowest BCUT2D eigenvalue weighted by Gasteiger charge is -2.28. The molecule has 146 valence electrons. The van der Waals surface area contributed by atoms with Crippen LogP contribution < -0.4 is 5.32 Å². The van der Waals surface area contributed by atoms with E-state index in [4.69, 9.17) is 25.5 Å². The molecule has 1 aromatic heterocycles. The van der Waals surface area contributed by atoms with Crippen LogP contribution in [0.2, 0.25) is 5.02 Å². The first-order chi connectivity index (χ1) is 13.4. The third kappa shape index (κ3) is 3.55. The Bertz CT molecular complexity index is 964. The molecule has 1 aromatic carbocycles. The zero-order valence-electron chi connectivity index (χ0n) is 16.0. The molecule has 0 radical (unpaired) electrons. The maximum absolute atomic E-state index is 12.5. The second-order valence-electron chi connectivity index (χ2n) is 6.33.